The Hall–Kier alpha value is -2.10. The van der Waals surface area contributed by atoms with Crippen molar-refractivity contribution in [3.8, 4) is 0 Å². The molecule has 0 unspecified atom stereocenters. The number of benzene rings is 1. The molecule has 0 spiro atoms. The molecule has 1 saturated heterocycles. The lowest BCUT2D eigenvalue weighted by atomic mass is 10.1. The van der Waals surface area contributed by atoms with E-state index in [0.717, 1.165) is 22.4 Å². The van der Waals surface area contributed by atoms with Crippen LogP contribution in [-0.4, -0.2) is 28.6 Å². The Balaban J connectivity index is 1.87. The molecule has 1 aromatic carbocycles. The highest BCUT2D eigenvalue weighted by Gasteiger charge is 2.26. The number of fused-ring (bicyclic) bond motifs is 3. The quantitative estimate of drug-likeness (QED) is 0.665. The van der Waals surface area contributed by atoms with Crippen molar-refractivity contribution in [3.05, 3.63) is 42.1 Å². The van der Waals surface area contributed by atoms with Gasteiger partial charge in [0, 0.05) is 18.0 Å². The molecular weight excluding hydrogens is 240 g/mol. The first-order chi connectivity index (χ1) is 9.20. The summed E-state index contributed by atoms with van der Waals surface area (Å²) in [6.07, 6.45) is 1.33. The lowest BCUT2D eigenvalue weighted by molar-refractivity contribution is 0.275. The predicted octanol–water partition coefficient (Wildman–Crippen LogP) is 2.95. The Labute approximate surface area is 110 Å². The van der Waals surface area contributed by atoms with Crippen molar-refractivity contribution in [2.75, 3.05) is 18.0 Å². The first kappa shape index (κ1) is 10.8. The number of halogens is 1. The molecule has 3 aromatic rings. The second-order valence-corrected chi connectivity index (χ2v) is 5.22. The second kappa shape index (κ2) is 3.70. The van der Waals surface area contributed by atoms with Crippen LogP contribution in [0.25, 0.3) is 16.7 Å². The molecule has 0 saturated carbocycles. The molecule has 0 amide bonds. The third-order valence-electron chi connectivity index (χ3n) is 3.75. The van der Waals surface area contributed by atoms with Crippen molar-refractivity contribution in [1.29, 1.82) is 0 Å². The smallest absolute Gasteiger partial charge is 0.139 e. The first-order valence-electron chi connectivity index (χ1n) is 6.48. The molecule has 3 nitrogen and oxygen atoms in total. The summed E-state index contributed by atoms with van der Waals surface area (Å²) in [7, 11) is 0. The van der Waals surface area contributed by atoms with Gasteiger partial charge < -0.3 is 4.90 Å². The number of aromatic nitrogens is 2. The largest absolute Gasteiger partial charge is 0.365 e. The van der Waals surface area contributed by atoms with Gasteiger partial charge in [-0.3, -0.25) is 4.40 Å². The van der Waals surface area contributed by atoms with Gasteiger partial charge in [0.15, 0.2) is 0 Å². The topological polar surface area (TPSA) is 20.5 Å². The third kappa shape index (κ3) is 1.59. The monoisotopic (exact) mass is 254 g/mol. The molecule has 0 atom stereocenters. The van der Waals surface area contributed by atoms with E-state index in [2.05, 4.69) is 34.5 Å². The van der Waals surface area contributed by atoms with E-state index >= 15 is 0 Å². The minimum absolute atomic E-state index is 0.496. The molecule has 4 heteroatoms. The summed E-state index contributed by atoms with van der Waals surface area (Å²) in [5.41, 5.74) is 5.29. The Morgan fingerprint density at radius 3 is 2.84 bits per heavy atom. The van der Waals surface area contributed by atoms with Crippen molar-refractivity contribution in [1.82, 2.24) is 9.38 Å². The molecular formula is C15H14FN3. The molecule has 1 aliphatic heterocycles. The maximum absolute atomic E-state index is 12.9. The molecule has 1 aliphatic rings. The van der Waals surface area contributed by atoms with E-state index in [-0.39, 0.29) is 0 Å². The maximum atomic E-state index is 12.9. The van der Waals surface area contributed by atoms with Gasteiger partial charge in [-0.05, 0) is 30.7 Å². The fraction of sp³-hybridized carbons (Fsp3) is 0.267. The third-order valence-corrected chi connectivity index (χ3v) is 3.75. The maximum Gasteiger partial charge on any atom is 0.139 e. The first-order valence-corrected chi connectivity index (χ1v) is 6.48. The van der Waals surface area contributed by atoms with Crippen LogP contribution in [-0.2, 0) is 0 Å². The Morgan fingerprint density at radius 2 is 2.05 bits per heavy atom. The summed E-state index contributed by atoms with van der Waals surface area (Å²) in [6, 6.07) is 10.3. The van der Waals surface area contributed by atoms with Crippen LogP contribution in [0.1, 0.15) is 5.56 Å². The van der Waals surface area contributed by atoms with Gasteiger partial charge in [-0.25, -0.2) is 9.37 Å². The molecule has 1 fully saturated rings. The number of hydrogen-bond donors (Lipinski definition) is 0. The van der Waals surface area contributed by atoms with Crippen LogP contribution in [0.5, 0.6) is 0 Å². The lowest BCUT2D eigenvalue weighted by Crippen LogP contribution is -2.48. The van der Waals surface area contributed by atoms with Gasteiger partial charge in [0.2, 0.25) is 0 Å². The molecule has 4 rings (SSSR count). The fourth-order valence-corrected chi connectivity index (χ4v) is 2.65. The van der Waals surface area contributed by atoms with Gasteiger partial charge in [-0.2, -0.15) is 0 Å². The highest BCUT2D eigenvalue weighted by atomic mass is 18.2. The van der Waals surface area contributed by atoms with Crippen molar-refractivity contribution in [3.63, 3.8) is 0 Å². The minimum Gasteiger partial charge on any atom is -0.365 e. The number of imidazole rings is 1. The summed E-state index contributed by atoms with van der Waals surface area (Å²) in [5, 5.41) is 0. The number of anilines is 1. The minimum atomic E-state index is -0.683. The molecule has 0 aliphatic carbocycles. The van der Waals surface area contributed by atoms with Crippen LogP contribution < -0.4 is 4.90 Å². The highest BCUT2D eigenvalue weighted by Crippen LogP contribution is 2.26. The number of rotatable bonds is 1. The van der Waals surface area contributed by atoms with Crippen molar-refractivity contribution >= 4 is 22.4 Å². The van der Waals surface area contributed by atoms with E-state index in [4.69, 9.17) is 0 Å². The van der Waals surface area contributed by atoms with Crippen LogP contribution >= 0.6 is 0 Å². The van der Waals surface area contributed by atoms with Gasteiger partial charge in [0.1, 0.15) is 11.8 Å². The summed E-state index contributed by atoms with van der Waals surface area (Å²) in [5.74, 6) is 0. The predicted molar refractivity (Wildman–Crippen MR) is 74.5 cm³/mol. The molecule has 3 heterocycles. The van der Waals surface area contributed by atoms with E-state index in [1.165, 1.54) is 5.56 Å². The molecule has 96 valence electrons. The number of alkyl halides is 1. The van der Waals surface area contributed by atoms with Crippen molar-refractivity contribution in [2.45, 2.75) is 13.1 Å². The Kier molecular flexibility index (Phi) is 2.10. The normalized spacial score (nSPS) is 16.2. The van der Waals surface area contributed by atoms with Crippen LogP contribution in [0.2, 0.25) is 0 Å². The standard InChI is InChI=1S/C15H14FN3/c1-10-2-3-14-13(6-10)17-15-7-12(4-5-19(14)15)18-8-11(16)9-18/h2-7,11H,8-9H2,1H3/i16-1. The summed E-state index contributed by atoms with van der Waals surface area (Å²) in [6.45, 7) is 3.06. The van der Waals surface area contributed by atoms with Crippen LogP contribution in [0.15, 0.2) is 36.5 Å². The lowest BCUT2D eigenvalue weighted by Gasteiger charge is -2.36. The molecule has 0 bridgehead atoms. The van der Waals surface area contributed by atoms with Crippen molar-refractivity contribution < 1.29 is 4.39 Å². The average molecular weight is 254 g/mol. The van der Waals surface area contributed by atoms with E-state index in [9.17, 15) is 4.39 Å². The van der Waals surface area contributed by atoms with E-state index in [1.807, 2.05) is 23.2 Å². The Bertz CT molecular complexity index is 772. The number of pyridine rings is 1. The molecule has 0 radical (unpaired) electrons. The van der Waals surface area contributed by atoms with Gasteiger partial charge in [0.05, 0.1) is 24.1 Å². The summed E-state index contributed by atoms with van der Waals surface area (Å²) in [4.78, 5) is 6.68. The molecule has 0 N–H and O–H groups in total. The van der Waals surface area contributed by atoms with E-state index in [0.29, 0.717) is 13.1 Å². The number of hydrogen-bond acceptors (Lipinski definition) is 2. The highest BCUT2D eigenvalue weighted by molar-refractivity contribution is 5.82. The average Bonchev–Trinajstić information content (AvgIpc) is 2.71. The number of aryl methyl sites for hydroxylation is 1. The summed E-state index contributed by atoms with van der Waals surface area (Å²) >= 11 is 0. The van der Waals surface area contributed by atoms with Crippen LogP contribution in [0.3, 0.4) is 0 Å². The fourth-order valence-electron chi connectivity index (χ4n) is 2.65. The second-order valence-electron chi connectivity index (χ2n) is 5.22. The molecule has 2 aromatic heterocycles. The zero-order valence-corrected chi connectivity index (χ0v) is 10.7. The zero-order valence-electron chi connectivity index (χ0n) is 10.7. The van der Waals surface area contributed by atoms with Gasteiger partial charge >= 0.3 is 0 Å². The van der Waals surface area contributed by atoms with Crippen molar-refractivity contribution in [2.24, 2.45) is 0 Å². The van der Waals surface area contributed by atoms with E-state index < -0.39 is 6.17 Å². The zero-order chi connectivity index (χ0) is 13.0. The van der Waals surface area contributed by atoms with Crippen LogP contribution in [0.4, 0.5) is 10.1 Å². The SMILES string of the molecule is Cc1ccc2c(c1)nc1cc(N3CC([18F])C3)ccn12. The Morgan fingerprint density at radius 1 is 1.21 bits per heavy atom. The summed E-state index contributed by atoms with van der Waals surface area (Å²) < 4.78 is 15.0. The number of nitrogens with zero attached hydrogens (tertiary/aromatic N) is 3. The van der Waals surface area contributed by atoms with Gasteiger partial charge in [-0.15, -0.1) is 0 Å². The van der Waals surface area contributed by atoms with Gasteiger partial charge in [-0.1, -0.05) is 6.07 Å². The van der Waals surface area contributed by atoms with E-state index in [1.54, 1.807) is 0 Å². The molecule has 19 heavy (non-hydrogen) atoms. The van der Waals surface area contributed by atoms with Crippen LogP contribution in [0, 0.1) is 6.92 Å². The van der Waals surface area contributed by atoms with Gasteiger partial charge in [0.25, 0.3) is 0 Å².